The Bertz CT molecular complexity index is 1300. The minimum absolute atomic E-state index is 0.135. The van der Waals surface area contributed by atoms with Crippen molar-refractivity contribution >= 4 is 28.5 Å². The van der Waals surface area contributed by atoms with E-state index in [2.05, 4.69) is 0 Å². The van der Waals surface area contributed by atoms with Gasteiger partial charge in [-0.3, -0.25) is 4.79 Å². The molecular formula is C25H19ClO4. The second kappa shape index (κ2) is 8.17. The van der Waals surface area contributed by atoms with E-state index >= 15 is 0 Å². The molecule has 4 rings (SSSR count). The van der Waals surface area contributed by atoms with Gasteiger partial charge in [0.2, 0.25) is 11.2 Å². The first-order chi connectivity index (χ1) is 14.5. The molecule has 150 valence electrons. The first-order valence-electron chi connectivity index (χ1n) is 9.61. The summed E-state index contributed by atoms with van der Waals surface area (Å²) in [4.78, 5) is 26.1. The van der Waals surface area contributed by atoms with Crippen LogP contribution in [0.3, 0.4) is 0 Å². The summed E-state index contributed by atoms with van der Waals surface area (Å²) in [6, 6.07) is 19.3. The van der Waals surface area contributed by atoms with Crippen LogP contribution in [0.2, 0.25) is 5.02 Å². The minimum atomic E-state index is -0.618. The molecule has 0 saturated carbocycles. The van der Waals surface area contributed by atoms with E-state index in [0.717, 1.165) is 17.5 Å². The Hall–Kier alpha value is -3.37. The molecule has 0 aliphatic carbocycles. The number of carbonyl (C=O) groups excluding carboxylic acids is 1. The van der Waals surface area contributed by atoms with Crippen LogP contribution in [-0.2, 0) is 6.42 Å². The van der Waals surface area contributed by atoms with Gasteiger partial charge in [-0.1, -0.05) is 42.3 Å². The maximum atomic E-state index is 13.3. The summed E-state index contributed by atoms with van der Waals surface area (Å²) in [6.45, 7) is 3.89. The van der Waals surface area contributed by atoms with Gasteiger partial charge in [0, 0.05) is 10.6 Å². The number of aryl methyl sites for hydroxylation is 2. The summed E-state index contributed by atoms with van der Waals surface area (Å²) in [5.41, 5.74) is 2.89. The van der Waals surface area contributed by atoms with Crippen molar-refractivity contribution < 1.29 is 13.9 Å². The maximum absolute atomic E-state index is 13.3. The van der Waals surface area contributed by atoms with Gasteiger partial charge in [0.1, 0.15) is 5.58 Å². The van der Waals surface area contributed by atoms with E-state index in [9.17, 15) is 9.59 Å². The number of fused-ring (bicyclic) bond motifs is 1. The van der Waals surface area contributed by atoms with Crippen LogP contribution in [0.4, 0.5) is 0 Å². The monoisotopic (exact) mass is 418 g/mol. The fraction of sp³-hybridized carbons (Fsp3) is 0.120. The van der Waals surface area contributed by atoms with Gasteiger partial charge in [0.25, 0.3) is 0 Å². The third kappa shape index (κ3) is 3.87. The van der Waals surface area contributed by atoms with Crippen LogP contribution in [0, 0.1) is 6.92 Å². The molecule has 0 aliphatic heterocycles. The molecule has 0 bridgehead atoms. The van der Waals surface area contributed by atoms with Gasteiger partial charge in [0.05, 0.1) is 10.9 Å². The Morgan fingerprint density at radius 2 is 1.80 bits per heavy atom. The lowest BCUT2D eigenvalue weighted by atomic mass is 10.1. The quantitative estimate of drug-likeness (QED) is 0.370. The molecule has 30 heavy (non-hydrogen) atoms. The zero-order valence-corrected chi connectivity index (χ0v) is 17.3. The van der Waals surface area contributed by atoms with Gasteiger partial charge in [0.15, 0.2) is 5.76 Å². The highest BCUT2D eigenvalue weighted by Gasteiger charge is 2.21. The molecular weight excluding hydrogens is 400 g/mol. The molecule has 0 amide bonds. The van der Waals surface area contributed by atoms with Gasteiger partial charge in [-0.2, -0.15) is 0 Å². The number of esters is 1. The van der Waals surface area contributed by atoms with Gasteiger partial charge in [-0.05, 0) is 67.4 Å². The summed E-state index contributed by atoms with van der Waals surface area (Å²) in [6.07, 6.45) is 0.771. The highest BCUT2D eigenvalue weighted by Crippen LogP contribution is 2.32. The van der Waals surface area contributed by atoms with E-state index in [4.69, 9.17) is 20.8 Å². The molecule has 0 saturated heterocycles. The maximum Gasteiger partial charge on any atom is 0.343 e. The topological polar surface area (TPSA) is 56.5 Å². The van der Waals surface area contributed by atoms with Crippen molar-refractivity contribution in [2.75, 3.05) is 0 Å². The van der Waals surface area contributed by atoms with Crippen molar-refractivity contribution in [1.29, 1.82) is 0 Å². The molecule has 1 heterocycles. The van der Waals surface area contributed by atoms with Crippen molar-refractivity contribution in [2.24, 2.45) is 0 Å². The molecule has 0 unspecified atom stereocenters. The molecule has 0 aliphatic rings. The molecule has 0 atom stereocenters. The van der Waals surface area contributed by atoms with E-state index in [1.165, 1.54) is 0 Å². The second-order valence-electron chi connectivity index (χ2n) is 7.04. The Morgan fingerprint density at radius 3 is 2.50 bits per heavy atom. The lowest BCUT2D eigenvalue weighted by molar-refractivity contribution is 0.0731. The average molecular weight is 419 g/mol. The molecule has 5 heteroatoms. The Morgan fingerprint density at radius 1 is 1.03 bits per heavy atom. The summed E-state index contributed by atoms with van der Waals surface area (Å²) in [5.74, 6) is -0.564. The van der Waals surface area contributed by atoms with E-state index in [0.29, 0.717) is 27.1 Å². The number of halogens is 1. The van der Waals surface area contributed by atoms with Crippen LogP contribution in [0.25, 0.3) is 22.3 Å². The van der Waals surface area contributed by atoms with E-state index in [1.54, 1.807) is 54.6 Å². The van der Waals surface area contributed by atoms with E-state index in [-0.39, 0.29) is 11.5 Å². The average Bonchev–Trinajstić information content (AvgIpc) is 2.76. The van der Waals surface area contributed by atoms with Crippen LogP contribution in [0.15, 0.2) is 75.9 Å². The predicted octanol–water partition coefficient (Wildman–Crippen LogP) is 6.20. The van der Waals surface area contributed by atoms with Crippen LogP contribution >= 0.6 is 11.6 Å². The summed E-state index contributed by atoms with van der Waals surface area (Å²) >= 11 is 6.00. The molecule has 3 aromatic carbocycles. The largest absolute Gasteiger partial charge is 0.452 e. The third-order valence-corrected chi connectivity index (χ3v) is 5.13. The number of benzene rings is 3. The Balaban J connectivity index is 1.91. The number of hydrogen-bond donors (Lipinski definition) is 0. The van der Waals surface area contributed by atoms with Crippen LogP contribution in [0.1, 0.15) is 28.4 Å². The van der Waals surface area contributed by atoms with Crippen LogP contribution < -0.4 is 10.2 Å². The number of carbonyl (C=O) groups is 1. The van der Waals surface area contributed by atoms with E-state index < -0.39 is 11.4 Å². The molecule has 4 nitrogen and oxygen atoms in total. The highest BCUT2D eigenvalue weighted by atomic mass is 35.5. The zero-order chi connectivity index (χ0) is 21.3. The summed E-state index contributed by atoms with van der Waals surface area (Å²) in [5, 5.41) is 0.923. The molecule has 0 fully saturated rings. The van der Waals surface area contributed by atoms with Crippen molar-refractivity contribution in [3.05, 3.63) is 98.7 Å². The fourth-order valence-electron chi connectivity index (χ4n) is 3.25. The molecule has 4 aromatic rings. The predicted molar refractivity (Wildman–Crippen MR) is 118 cm³/mol. The smallest absolute Gasteiger partial charge is 0.343 e. The lowest BCUT2D eigenvalue weighted by Gasteiger charge is -2.11. The number of rotatable bonds is 4. The van der Waals surface area contributed by atoms with E-state index in [1.807, 2.05) is 26.0 Å². The molecule has 0 N–H and O–H groups in total. The van der Waals surface area contributed by atoms with Crippen molar-refractivity contribution in [3.63, 3.8) is 0 Å². The van der Waals surface area contributed by atoms with Crippen molar-refractivity contribution in [3.8, 4) is 17.1 Å². The first kappa shape index (κ1) is 19.9. The standard InChI is InChI=1S/C25H19ClO4/c1-3-16-7-12-21-20(14-16)22(27)24(23(29-21)17-8-10-19(26)11-9-17)30-25(28)18-6-4-5-15(2)13-18/h4-14H,3H2,1-2H3. The number of hydrogen-bond acceptors (Lipinski definition) is 4. The minimum Gasteiger partial charge on any atom is -0.452 e. The Labute approximate surface area is 178 Å². The fourth-order valence-corrected chi connectivity index (χ4v) is 3.38. The first-order valence-corrected chi connectivity index (χ1v) is 9.98. The zero-order valence-electron chi connectivity index (χ0n) is 16.6. The number of ether oxygens (including phenoxy) is 1. The molecule has 1 aromatic heterocycles. The normalized spacial score (nSPS) is 10.9. The highest BCUT2D eigenvalue weighted by molar-refractivity contribution is 6.30. The summed E-state index contributed by atoms with van der Waals surface area (Å²) < 4.78 is 11.6. The van der Waals surface area contributed by atoms with Gasteiger partial charge >= 0.3 is 5.97 Å². The van der Waals surface area contributed by atoms with Gasteiger partial charge in [-0.25, -0.2) is 4.79 Å². The Kier molecular flexibility index (Phi) is 5.42. The van der Waals surface area contributed by atoms with Crippen molar-refractivity contribution in [1.82, 2.24) is 0 Å². The molecule has 0 radical (unpaired) electrons. The third-order valence-electron chi connectivity index (χ3n) is 4.88. The SMILES string of the molecule is CCc1ccc2oc(-c3ccc(Cl)cc3)c(OC(=O)c3cccc(C)c3)c(=O)c2c1. The molecule has 0 spiro atoms. The van der Waals surface area contributed by atoms with Gasteiger partial charge < -0.3 is 9.15 Å². The van der Waals surface area contributed by atoms with Gasteiger partial charge in [-0.15, -0.1) is 0 Å². The van der Waals surface area contributed by atoms with Crippen LogP contribution in [-0.4, -0.2) is 5.97 Å². The van der Waals surface area contributed by atoms with Crippen LogP contribution in [0.5, 0.6) is 5.75 Å². The van der Waals surface area contributed by atoms with Crippen molar-refractivity contribution in [2.45, 2.75) is 20.3 Å². The second-order valence-corrected chi connectivity index (χ2v) is 7.48. The lowest BCUT2D eigenvalue weighted by Crippen LogP contribution is -2.16. The summed E-state index contributed by atoms with van der Waals surface area (Å²) in [7, 11) is 0.